The molecule has 2 heterocycles. The number of rotatable bonds is 6. The van der Waals surface area contributed by atoms with Crippen molar-refractivity contribution in [2.45, 2.75) is 46.3 Å². The standard InChI is InChI=1S/C21H30N4O2/c1-16(15-25-18(3)13-17(2)23-25)14-22-21(26)24-11-9-20(10-12-24)27-19-7-5-4-6-8-19/h4-8,13,16,20H,9-12,14-15H2,1-3H3,(H,22,26). The van der Waals surface area contributed by atoms with Crippen LogP contribution in [0.3, 0.4) is 0 Å². The molecule has 0 saturated carbocycles. The highest BCUT2D eigenvalue weighted by Crippen LogP contribution is 2.18. The van der Waals surface area contributed by atoms with Crippen LogP contribution in [0.5, 0.6) is 5.75 Å². The lowest BCUT2D eigenvalue weighted by Gasteiger charge is -2.32. The highest BCUT2D eigenvalue weighted by Gasteiger charge is 2.24. The molecule has 6 nitrogen and oxygen atoms in total. The van der Waals surface area contributed by atoms with Gasteiger partial charge in [-0.3, -0.25) is 4.68 Å². The molecule has 2 amide bonds. The molecular weight excluding hydrogens is 340 g/mol. The average molecular weight is 370 g/mol. The third kappa shape index (κ3) is 5.49. The van der Waals surface area contributed by atoms with Crippen molar-refractivity contribution in [3.05, 3.63) is 47.8 Å². The zero-order valence-corrected chi connectivity index (χ0v) is 16.5. The maximum absolute atomic E-state index is 12.4. The summed E-state index contributed by atoms with van der Waals surface area (Å²) in [7, 11) is 0. The van der Waals surface area contributed by atoms with Gasteiger partial charge in [0.15, 0.2) is 0 Å². The maximum atomic E-state index is 12.4. The number of likely N-dealkylation sites (tertiary alicyclic amines) is 1. The van der Waals surface area contributed by atoms with Crippen LogP contribution in [0, 0.1) is 19.8 Å². The molecule has 2 aromatic rings. The van der Waals surface area contributed by atoms with Crippen LogP contribution in [0.4, 0.5) is 4.79 Å². The van der Waals surface area contributed by atoms with Crippen molar-refractivity contribution in [3.63, 3.8) is 0 Å². The number of aryl methyl sites for hydroxylation is 2. The van der Waals surface area contributed by atoms with Gasteiger partial charge in [0.25, 0.3) is 0 Å². The molecule has 1 aliphatic rings. The Balaban J connectivity index is 1.38. The summed E-state index contributed by atoms with van der Waals surface area (Å²) in [5.74, 6) is 1.23. The molecule has 0 aliphatic carbocycles. The largest absolute Gasteiger partial charge is 0.490 e. The van der Waals surface area contributed by atoms with Gasteiger partial charge in [0.2, 0.25) is 0 Å². The molecule has 1 atom stereocenters. The summed E-state index contributed by atoms with van der Waals surface area (Å²) in [6.07, 6.45) is 1.91. The fourth-order valence-corrected chi connectivity index (χ4v) is 3.46. The van der Waals surface area contributed by atoms with Gasteiger partial charge in [-0.15, -0.1) is 0 Å². The lowest BCUT2D eigenvalue weighted by atomic mass is 10.1. The van der Waals surface area contributed by atoms with Crippen LogP contribution < -0.4 is 10.1 Å². The first-order valence-corrected chi connectivity index (χ1v) is 9.77. The molecule has 3 rings (SSSR count). The summed E-state index contributed by atoms with van der Waals surface area (Å²) < 4.78 is 8.01. The van der Waals surface area contributed by atoms with E-state index in [0.717, 1.165) is 49.6 Å². The molecule has 1 aromatic heterocycles. The minimum absolute atomic E-state index is 0.0216. The van der Waals surface area contributed by atoms with Gasteiger partial charge >= 0.3 is 6.03 Å². The van der Waals surface area contributed by atoms with Crippen LogP contribution in [0.2, 0.25) is 0 Å². The van der Waals surface area contributed by atoms with Crippen LogP contribution in [-0.4, -0.2) is 46.4 Å². The Hall–Kier alpha value is -2.50. The third-order valence-electron chi connectivity index (χ3n) is 4.96. The SMILES string of the molecule is Cc1cc(C)n(CC(C)CNC(=O)N2CCC(Oc3ccccc3)CC2)n1. The summed E-state index contributed by atoms with van der Waals surface area (Å²) in [6.45, 7) is 9.12. The second kappa shape index (κ2) is 8.93. The number of para-hydroxylation sites is 1. The lowest BCUT2D eigenvalue weighted by Crippen LogP contribution is -2.47. The van der Waals surface area contributed by atoms with Gasteiger partial charge in [0.05, 0.1) is 5.69 Å². The number of hydrogen-bond acceptors (Lipinski definition) is 3. The van der Waals surface area contributed by atoms with E-state index in [4.69, 9.17) is 4.74 Å². The fourth-order valence-electron chi connectivity index (χ4n) is 3.46. The summed E-state index contributed by atoms with van der Waals surface area (Å²) >= 11 is 0. The van der Waals surface area contributed by atoms with Gasteiger partial charge in [-0.25, -0.2) is 4.79 Å². The molecule has 1 N–H and O–H groups in total. The monoisotopic (exact) mass is 370 g/mol. The van der Waals surface area contributed by atoms with Crippen molar-refractivity contribution in [1.29, 1.82) is 0 Å². The minimum Gasteiger partial charge on any atom is -0.490 e. The van der Waals surface area contributed by atoms with Gasteiger partial charge in [0, 0.05) is 44.7 Å². The second-order valence-corrected chi connectivity index (χ2v) is 7.52. The number of amides is 2. The van der Waals surface area contributed by atoms with Crippen molar-refractivity contribution in [2.24, 2.45) is 5.92 Å². The zero-order valence-electron chi connectivity index (χ0n) is 16.5. The summed E-state index contributed by atoms with van der Waals surface area (Å²) in [4.78, 5) is 14.3. The molecule has 0 radical (unpaired) electrons. The van der Waals surface area contributed by atoms with E-state index in [0.29, 0.717) is 12.5 Å². The van der Waals surface area contributed by atoms with Crippen LogP contribution in [0.1, 0.15) is 31.2 Å². The number of carbonyl (C=O) groups is 1. The number of benzene rings is 1. The number of ether oxygens (including phenoxy) is 1. The van der Waals surface area contributed by atoms with Crippen molar-refractivity contribution in [2.75, 3.05) is 19.6 Å². The molecule has 27 heavy (non-hydrogen) atoms. The number of carbonyl (C=O) groups excluding carboxylic acids is 1. The molecule has 0 spiro atoms. The van der Waals surface area contributed by atoms with E-state index in [1.54, 1.807) is 0 Å². The Labute approximate surface area is 161 Å². The number of urea groups is 1. The zero-order chi connectivity index (χ0) is 19.2. The van der Waals surface area contributed by atoms with E-state index in [1.807, 2.05) is 46.8 Å². The third-order valence-corrected chi connectivity index (χ3v) is 4.96. The maximum Gasteiger partial charge on any atom is 0.317 e. The molecule has 0 bridgehead atoms. The molecule has 6 heteroatoms. The van der Waals surface area contributed by atoms with Crippen molar-refractivity contribution in [1.82, 2.24) is 20.0 Å². The molecule has 1 saturated heterocycles. The smallest absolute Gasteiger partial charge is 0.317 e. The van der Waals surface area contributed by atoms with Crippen molar-refractivity contribution in [3.8, 4) is 5.75 Å². The number of piperidine rings is 1. The molecule has 1 unspecified atom stereocenters. The van der Waals surface area contributed by atoms with Gasteiger partial charge in [-0.2, -0.15) is 5.10 Å². The Bertz CT molecular complexity index is 736. The Morgan fingerprint density at radius 1 is 1.26 bits per heavy atom. The van der Waals surface area contributed by atoms with E-state index >= 15 is 0 Å². The normalized spacial score (nSPS) is 16.2. The number of hydrogen-bond donors (Lipinski definition) is 1. The predicted molar refractivity (Wildman–Crippen MR) is 106 cm³/mol. The first-order chi connectivity index (χ1) is 13.0. The highest BCUT2D eigenvalue weighted by molar-refractivity contribution is 5.74. The van der Waals surface area contributed by atoms with E-state index in [-0.39, 0.29) is 12.1 Å². The Morgan fingerprint density at radius 3 is 2.59 bits per heavy atom. The lowest BCUT2D eigenvalue weighted by molar-refractivity contribution is 0.110. The minimum atomic E-state index is 0.0216. The summed E-state index contributed by atoms with van der Waals surface area (Å²) in [5, 5.41) is 7.56. The number of aromatic nitrogens is 2. The Morgan fingerprint density at radius 2 is 1.96 bits per heavy atom. The summed E-state index contributed by atoms with van der Waals surface area (Å²) in [5.41, 5.74) is 2.19. The molecular formula is C21H30N4O2. The van der Waals surface area contributed by atoms with E-state index in [2.05, 4.69) is 30.3 Å². The van der Waals surface area contributed by atoms with Crippen molar-refractivity contribution >= 4 is 6.03 Å². The first-order valence-electron chi connectivity index (χ1n) is 9.77. The molecule has 1 fully saturated rings. The van der Waals surface area contributed by atoms with Gasteiger partial charge in [-0.05, 0) is 38.0 Å². The van der Waals surface area contributed by atoms with Gasteiger partial charge in [0.1, 0.15) is 11.9 Å². The molecule has 146 valence electrons. The van der Waals surface area contributed by atoms with Gasteiger partial charge in [-0.1, -0.05) is 25.1 Å². The first kappa shape index (κ1) is 19.3. The molecule has 1 aromatic carbocycles. The van der Waals surface area contributed by atoms with E-state index in [1.165, 1.54) is 0 Å². The summed E-state index contributed by atoms with van der Waals surface area (Å²) in [6, 6.07) is 12.0. The fraction of sp³-hybridized carbons (Fsp3) is 0.524. The van der Waals surface area contributed by atoms with Crippen LogP contribution >= 0.6 is 0 Å². The van der Waals surface area contributed by atoms with E-state index in [9.17, 15) is 4.79 Å². The number of nitrogens with one attached hydrogen (secondary N) is 1. The van der Waals surface area contributed by atoms with Crippen LogP contribution in [0.25, 0.3) is 0 Å². The average Bonchev–Trinajstić information content (AvgIpc) is 2.98. The second-order valence-electron chi connectivity index (χ2n) is 7.52. The highest BCUT2D eigenvalue weighted by atomic mass is 16.5. The number of nitrogens with zero attached hydrogens (tertiary/aromatic N) is 3. The quantitative estimate of drug-likeness (QED) is 0.848. The predicted octanol–water partition coefficient (Wildman–Crippen LogP) is 3.39. The van der Waals surface area contributed by atoms with Gasteiger partial charge < -0.3 is 15.0 Å². The van der Waals surface area contributed by atoms with E-state index < -0.39 is 0 Å². The topological polar surface area (TPSA) is 59.4 Å². The molecule has 1 aliphatic heterocycles. The van der Waals surface area contributed by atoms with Crippen molar-refractivity contribution < 1.29 is 9.53 Å². The van der Waals surface area contributed by atoms with Crippen LogP contribution in [0.15, 0.2) is 36.4 Å². The Kier molecular flexibility index (Phi) is 6.37. The van der Waals surface area contributed by atoms with Crippen LogP contribution in [-0.2, 0) is 6.54 Å².